The van der Waals surface area contributed by atoms with Gasteiger partial charge in [-0.25, -0.2) is 4.57 Å². The lowest BCUT2D eigenvalue weighted by molar-refractivity contribution is -0.396. The summed E-state index contributed by atoms with van der Waals surface area (Å²) in [5, 5.41) is 10.6. The number of carbonyl (C=O) groups is 1. The molecular weight excluding hydrogens is 236 g/mol. The summed E-state index contributed by atoms with van der Waals surface area (Å²) in [6.45, 7) is -0.100. The summed E-state index contributed by atoms with van der Waals surface area (Å²) >= 11 is 0. The molecule has 7 heteroatoms. The smallest absolute Gasteiger partial charge is 0.390 e. The number of hydrogen-bond acceptors (Lipinski definition) is 4. The van der Waals surface area contributed by atoms with Gasteiger partial charge in [0.15, 0.2) is 6.54 Å². The minimum absolute atomic E-state index is 0.0610. The quantitative estimate of drug-likeness (QED) is 0.412. The van der Waals surface area contributed by atoms with E-state index in [0.29, 0.717) is 0 Å². The number of rotatable bonds is 5. The lowest BCUT2D eigenvalue weighted by Gasteiger charge is -2.16. The molecule has 1 rings (SSSR count). The minimum atomic E-state index is -0.667. The lowest BCUT2D eigenvalue weighted by atomic mass is 10.4. The van der Waals surface area contributed by atoms with Gasteiger partial charge in [-0.2, -0.15) is 0 Å². The number of nitrogens with zero attached hydrogens (tertiary/aromatic N) is 4. The van der Waals surface area contributed by atoms with Gasteiger partial charge in [0.2, 0.25) is 0 Å². The minimum Gasteiger partial charge on any atom is -0.390 e. The Kier molecular flexibility index (Phi) is 4.47. The van der Waals surface area contributed by atoms with Gasteiger partial charge in [-0.05, 0) is 4.92 Å². The van der Waals surface area contributed by atoms with Gasteiger partial charge in [-0.15, -0.1) is 12.8 Å². The molecule has 0 saturated carbocycles. The van der Waals surface area contributed by atoms with E-state index in [9.17, 15) is 14.9 Å². The van der Waals surface area contributed by atoms with Gasteiger partial charge in [-0.1, -0.05) is 16.8 Å². The van der Waals surface area contributed by atoms with Crippen molar-refractivity contribution in [2.24, 2.45) is 0 Å². The summed E-state index contributed by atoms with van der Waals surface area (Å²) in [7, 11) is 0. The predicted octanol–water partition coefficient (Wildman–Crippen LogP) is -0.114. The van der Waals surface area contributed by atoms with Crippen LogP contribution in [0, 0.1) is 34.8 Å². The molecule has 1 aromatic heterocycles. The van der Waals surface area contributed by atoms with Crippen LogP contribution in [0.5, 0.6) is 0 Å². The monoisotopic (exact) mass is 246 g/mol. The first-order chi connectivity index (χ1) is 8.60. The highest BCUT2D eigenvalue weighted by Crippen LogP contribution is 2.07. The summed E-state index contributed by atoms with van der Waals surface area (Å²) in [6, 6.07) is 0. The van der Waals surface area contributed by atoms with Crippen molar-refractivity contribution in [2.75, 3.05) is 13.1 Å². The Morgan fingerprint density at radius 3 is 2.61 bits per heavy atom. The number of amides is 1. The molecule has 0 aromatic carbocycles. The highest BCUT2D eigenvalue weighted by molar-refractivity contribution is 5.76. The van der Waals surface area contributed by atoms with Crippen LogP contribution in [-0.2, 0) is 11.3 Å². The molecule has 0 radical (unpaired) electrons. The normalized spacial score (nSPS) is 9.22. The maximum absolute atomic E-state index is 11.8. The maximum atomic E-state index is 11.8. The second-order valence-electron chi connectivity index (χ2n) is 3.27. The Balaban J connectivity index is 2.80. The molecule has 0 N–H and O–H groups in total. The molecule has 1 amide bonds. The highest BCUT2D eigenvalue weighted by atomic mass is 16.6. The van der Waals surface area contributed by atoms with Gasteiger partial charge in [0, 0.05) is 0 Å². The standard InChI is InChI=1S/C11H10N4O3/c1-3-6-13(7-4-2)10(16)9-14-8-5-12-11(14)15(17)18/h1-2,5,8H,6-7,9H2. The van der Waals surface area contributed by atoms with Crippen LogP contribution in [0.4, 0.5) is 5.95 Å². The largest absolute Gasteiger partial charge is 0.435 e. The van der Waals surface area contributed by atoms with Gasteiger partial charge in [0.1, 0.15) is 12.4 Å². The molecule has 0 bridgehead atoms. The molecule has 0 spiro atoms. The molecule has 0 aliphatic rings. The van der Waals surface area contributed by atoms with E-state index in [0.717, 1.165) is 4.57 Å². The summed E-state index contributed by atoms with van der Waals surface area (Å²) < 4.78 is 1.13. The zero-order valence-corrected chi connectivity index (χ0v) is 9.44. The third kappa shape index (κ3) is 3.09. The summed E-state index contributed by atoms with van der Waals surface area (Å²) in [6.07, 6.45) is 12.8. The van der Waals surface area contributed by atoms with Gasteiger partial charge in [-0.3, -0.25) is 4.79 Å². The number of aromatic nitrogens is 2. The third-order valence-corrected chi connectivity index (χ3v) is 2.08. The van der Waals surface area contributed by atoms with Crippen molar-refractivity contribution in [1.82, 2.24) is 14.5 Å². The first-order valence-corrected chi connectivity index (χ1v) is 4.90. The molecular formula is C11H10N4O3. The zero-order chi connectivity index (χ0) is 13.5. The molecule has 0 saturated heterocycles. The second kappa shape index (κ2) is 6.06. The number of carbonyl (C=O) groups excluding carboxylic acids is 1. The molecule has 92 valence electrons. The van der Waals surface area contributed by atoms with Crippen LogP contribution in [0.3, 0.4) is 0 Å². The van der Waals surface area contributed by atoms with Crippen molar-refractivity contribution in [3.05, 3.63) is 22.5 Å². The zero-order valence-electron chi connectivity index (χ0n) is 9.44. The van der Waals surface area contributed by atoms with Gasteiger partial charge in [0.25, 0.3) is 5.91 Å². The van der Waals surface area contributed by atoms with Crippen LogP contribution < -0.4 is 0 Å². The van der Waals surface area contributed by atoms with Gasteiger partial charge >= 0.3 is 5.95 Å². The first kappa shape index (κ1) is 13.3. The Hall–Kier alpha value is -2.80. The molecule has 0 aliphatic carbocycles. The van der Waals surface area contributed by atoms with Crippen LogP contribution >= 0.6 is 0 Å². The SMILES string of the molecule is C#CCN(CC#C)C(=O)Cn1ccnc1[N+](=O)[O-]. The third-order valence-electron chi connectivity index (χ3n) is 2.08. The number of hydrogen-bond donors (Lipinski definition) is 0. The summed E-state index contributed by atoms with van der Waals surface area (Å²) in [5.41, 5.74) is 0. The molecule has 0 atom stereocenters. The van der Waals surface area contributed by atoms with E-state index in [1.54, 1.807) is 0 Å². The van der Waals surface area contributed by atoms with Crippen LogP contribution in [0.15, 0.2) is 12.4 Å². The maximum Gasteiger partial charge on any atom is 0.435 e. The Labute approximate surface area is 104 Å². The van der Waals surface area contributed by atoms with Crippen molar-refractivity contribution >= 4 is 11.9 Å². The fourth-order valence-corrected chi connectivity index (χ4v) is 1.30. The lowest BCUT2D eigenvalue weighted by Crippen LogP contribution is -2.34. The van der Waals surface area contributed by atoms with Crippen LogP contribution in [0.1, 0.15) is 0 Å². The number of terminal acetylenes is 2. The molecule has 0 fully saturated rings. The predicted molar refractivity (Wildman–Crippen MR) is 63.1 cm³/mol. The second-order valence-corrected chi connectivity index (χ2v) is 3.27. The average molecular weight is 246 g/mol. The highest BCUT2D eigenvalue weighted by Gasteiger charge is 2.20. The number of imidazole rings is 1. The van der Waals surface area contributed by atoms with Crippen molar-refractivity contribution in [2.45, 2.75) is 6.54 Å². The van der Waals surface area contributed by atoms with Crippen LogP contribution in [-0.4, -0.2) is 38.4 Å². The molecule has 0 unspecified atom stereocenters. The first-order valence-electron chi connectivity index (χ1n) is 4.90. The fraction of sp³-hybridized carbons (Fsp3) is 0.273. The van der Waals surface area contributed by atoms with E-state index < -0.39 is 16.8 Å². The average Bonchev–Trinajstić information content (AvgIpc) is 2.77. The van der Waals surface area contributed by atoms with Gasteiger partial charge in [0.05, 0.1) is 13.1 Å². The van der Waals surface area contributed by atoms with E-state index in [-0.39, 0.29) is 19.6 Å². The van der Waals surface area contributed by atoms with Gasteiger partial charge < -0.3 is 15.0 Å². The van der Waals surface area contributed by atoms with Crippen molar-refractivity contribution < 1.29 is 9.72 Å². The Morgan fingerprint density at radius 1 is 1.50 bits per heavy atom. The Bertz CT molecular complexity index is 519. The number of nitro groups is 1. The topological polar surface area (TPSA) is 81.3 Å². The van der Waals surface area contributed by atoms with Crippen LogP contribution in [0.25, 0.3) is 0 Å². The van der Waals surface area contributed by atoms with E-state index in [1.165, 1.54) is 17.3 Å². The van der Waals surface area contributed by atoms with E-state index in [1.807, 2.05) is 0 Å². The van der Waals surface area contributed by atoms with Crippen molar-refractivity contribution in [3.63, 3.8) is 0 Å². The molecule has 0 aliphatic heterocycles. The van der Waals surface area contributed by atoms with Crippen LogP contribution in [0.2, 0.25) is 0 Å². The fourth-order valence-electron chi connectivity index (χ4n) is 1.30. The van der Waals surface area contributed by atoms with Crippen molar-refractivity contribution in [3.8, 4) is 24.7 Å². The van der Waals surface area contributed by atoms with E-state index >= 15 is 0 Å². The molecule has 7 nitrogen and oxygen atoms in total. The molecule has 18 heavy (non-hydrogen) atoms. The van der Waals surface area contributed by atoms with E-state index in [4.69, 9.17) is 12.8 Å². The Morgan fingerprint density at radius 2 is 2.11 bits per heavy atom. The molecule has 1 aromatic rings. The van der Waals surface area contributed by atoms with Crippen molar-refractivity contribution in [1.29, 1.82) is 0 Å². The molecule has 1 heterocycles. The van der Waals surface area contributed by atoms with E-state index in [2.05, 4.69) is 16.8 Å². The summed E-state index contributed by atoms with van der Waals surface area (Å²) in [5.74, 6) is 3.81. The summed E-state index contributed by atoms with van der Waals surface area (Å²) in [4.78, 5) is 26.6.